The van der Waals surface area contributed by atoms with Crippen LogP contribution in [-0.4, -0.2) is 7.11 Å². The third-order valence-corrected chi connectivity index (χ3v) is 2.80. The van der Waals surface area contributed by atoms with Gasteiger partial charge >= 0.3 is 0 Å². The lowest BCUT2D eigenvalue weighted by molar-refractivity contribution is -0.510. The molecule has 0 radical (unpaired) electrons. The van der Waals surface area contributed by atoms with Crippen LogP contribution in [0.3, 0.4) is 0 Å². The summed E-state index contributed by atoms with van der Waals surface area (Å²) >= 11 is 0. The van der Waals surface area contributed by atoms with E-state index < -0.39 is 0 Å². The van der Waals surface area contributed by atoms with Crippen molar-refractivity contribution in [3.05, 3.63) is 54.9 Å². The number of hydrogen-bond donors (Lipinski definition) is 0. The third kappa shape index (κ3) is 1.39. The number of benzene rings is 1. The molecule has 2 heterocycles. The summed E-state index contributed by atoms with van der Waals surface area (Å²) in [5, 5.41) is 2.41. The average molecular weight is 210 g/mol. The molecule has 0 aliphatic heterocycles. The van der Waals surface area contributed by atoms with Crippen molar-refractivity contribution in [1.82, 2.24) is 0 Å². The van der Waals surface area contributed by atoms with E-state index >= 15 is 0 Å². The van der Waals surface area contributed by atoms with Gasteiger partial charge in [-0.2, -0.15) is 4.40 Å². The van der Waals surface area contributed by atoms with Crippen molar-refractivity contribution in [2.75, 3.05) is 7.11 Å². The molecule has 0 fully saturated rings. The van der Waals surface area contributed by atoms with Crippen LogP contribution in [0.1, 0.15) is 0 Å². The first-order chi connectivity index (χ1) is 7.86. The minimum Gasteiger partial charge on any atom is -0.497 e. The highest BCUT2D eigenvalue weighted by Gasteiger charge is 2.04. The number of pyridine rings is 2. The van der Waals surface area contributed by atoms with Gasteiger partial charge in [0.15, 0.2) is 12.4 Å². The van der Waals surface area contributed by atoms with E-state index in [1.807, 2.05) is 18.2 Å². The van der Waals surface area contributed by atoms with E-state index in [1.54, 1.807) is 7.11 Å². The van der Waals surface area contributed by atoms with Gasteiger partial charge in [-0.25, -0.2) is 0 Å². The predicted octanol–water partition coefficient (Wildman–Crippen LogP) is 2.59. The molecule has 16 heavy (non-hydrogen) atoms. The van der Waals surface area contributed by atoms with Crippen LogP contribution in [0.4, 0.5) is 0 Å². The van der Waals surface area contributed by atoms with E-state index in [4.69, 9.17) is 4.74 Å². The lowest BCUT2D eigenvalue weighted by Gasteiger charge is -2.01. The summed E-state index contributed by atoms with van der Waals surface area (Å²) in [6.07, 6.45) is 4.18. The van der Waals surface area contributed by atoms with Crippen molar-refractivity contribution in [1.29, 1.82) is 0 Å². The quantitative estimate of drug-likeness (QED) is 0.444. The molecule has 0 saturated heterocycles. The summed E-state index contributed by atoms with van der Waals surface area (Å²) in [5.41, 5.74) is 1.18. The number of hydrogen-bond acceptors (Lipinski definition) is 1. The summed E-state index contributed by atoms with van der Waals surface area (Å²) in [4.78, 5) is 0. The fraction of sp³-hybridized carbons (Fsp3) is 0.0714. The molecule has 3 aromatic rings. The first-order valence-corrected chi connectivity index (χ1v) is 5.25. The van der Waals surface area contributed by atoms with Gasteiger partial charge in [-0.1, -0.05) is 0 Å². The van der Waals surface area contributed by atoms with Crippen LogP contribution in [0.5, 0.6) is 5.75 Å². The Labute approximate surface area is 93.7 Å². The molecule has 0 N–H and O–H groups in total. The Kier molecular flexibility index (Phi) is 2.00. The molecule has 0 aliphatic carbocycles. The van der Waals surface area contributed by atoms with Crippen molar-refractivity contribution in [2.24, 2.45) is 0 Å². The van der Waals surface area contributed by atoms with E-state index in [0.29, 0.717) is 0 Å². The van der Waals surface area contributed by atoms with E-state index in [2.05, 4.69) is 41.1 Å². The van der Waals surface area contributed by atoms with E-state index in [0.717, 1.165) is 5.75 Å². The molecule has 2 nitrogen and oxygen atoms in total. The highest BCUT2D eigenvalue weighted by molar-refractivity contribution is 5.84. The molecule has 0 spiro atoms. The van der Waals surface area contributed by atoms with Gasteiger partial charge in [-0.3, -0.25) is 0 Å². The lowest BCUT2D eigenvalue weighted by Crippen LogP contribution is -2.19. The molecular formula is C14H12NO+. The van der Waals surface area contributed by atoms with Gasteiger partial charge in [0.05, 0.1) is 7.11 Å². The Morgan fingerprint density at radius 2 is 1.94 bits per heavy atom. The second-order valence-electron chi connectivity index (χ2n) is 3.80. The van der Waals surface area contributed by atoms with Gasteiger partial charge in [0.25, 0.3) is 0 Å². The van der Waals surface area contributed by atoms with Gasteiger partial charge in [0.2, 0.25) is 5.52 Å². The Morgan fingerprint density at radius 1 is 1.00 bits per heavy atom. The topological polar surface area (TPSA) is 13.3 Å². The Morgan fingerprint density at radius 3 is 2.81 bits per heavy atom. The van der Waals surface area contributed by atoms with Crippen LogP contribution in [0, 0.1) is 0 Å². The fourth-order valence-corrected chi connectivity index (χ4v) is 1.94. The van der Waals surface area contributed by atoms with Gasteiger partial charge in [0, 0.05) is 23.6 Å². The summed E-state index contributed by atoms with van der Waals surface area (Å²) in [6, 6.07) is 14.5. The van der Waals surface area contributed by atoms with Crippen molar-refractivity contribution in [3.8, 4) is 5.75 Å². The van der Waals surface area contributed by atoms with Gasteiger partial charge in [0.1, 0.15) is 5.75 Å². The molecule has 78 valence electrons. The maximum Gasteiger partial charge on any atom is 0.211 e. The average Bonchev–Trinajstić information content (AvgIpc) is 2.35. The zero-order valence-electron chi connectivity index (χ0n) is 9.05. The molecule has 1 aromatic carbocycles. The number of methoxy groups -OCH3 is 1. The first-order valence-electron chi connectivity index (χ1n) is 5.25. The third-order valence-electron chi connectivity index (χ3n) is 2.80. The second kappa shape index (κ2) is 3.49. The Balaban J connectivity index is 2.37. The smallest absolute Gasteiger partial charge is 0.211 e. The normalized spacial score (nSPS) is 10.8. The maximum absolute atomic E-state index is 5.23. The Bertz CT molecular complexity index is 661. The molecule has 0 amide bonds. The zero-order valence-corrected chi connectivity index (χ0v) is 9.05. The molecule has 2 heteroatoms. The monoisotopic (exact) mass is 210 g/mol. The minimum atomic E-state index is 0.896. The van der Waals surface area contributed by atoms with Crippen molar-refractivity contribution >= 4 is 16.3 Å². The summed E-state index contributed by atoms with van der Waals surface area (Å²) in [7, 11) is 1.69. The van der Waals surface area contributed by atoms with Crippen molar-refractivity contribution in [2.45, 2.75) is 0 Å². The molecule has 3 rings (SSSR count). The fourth-order valence-electron chi connectivity index (χ4n) is 1.94. The second-order valence-corrected chi connectivity index (χ2v) is 3.80. The number of nitrogens with zero attached hydrogens (tertiary/aromatic N) is 1. The van der Waals surface area contributed by atoms with Gasteiger partial charge in [-0.05, 0) is 29.7 Å². The SMILES string of the molecule is COc1ccc2c[n+]3ccccc3cc2c1. The zero-order chi connectivity index (χ0) is 11.0. The van der Waals surface area contributed by atoms with Gasteiger partial charge < -0.3 is 4.74 Å². The van der Waals surface area contributed by atoms with E-state index in [9.17, 15) is 0 Å². The van der Waals surface area contributed by atoms with Crippen LogP contribution in [-0.2, 0) is 0 Å². The van der Waals surface area contributed by atoms with Crippen LogP contribution < -0.4 is 9.14 Å². The molecule has 0 bridgehead atoms. The number of rotatable bonds is 1. The maximum atomic E-state index is 5.23. The molecule has 2 aromatic heterocycles. The molecule has 0 aliphatic rings. The summed E-state index contributed by atoms with van der Waals surface area (Å²) < 4.78 is 7.35. The molecule has 0 saturated carbocycles. The number of ether oxygens (including phenoxy) is 1. The minimum absolute atomic E-state index is 0.896. The largest absolute Gasteiger partial charge is 0.497 e. The van der Waals surface area contributed by atoms with Crippen LogP contribution >= 0.6 is 0 Å². The number of fused-ring (bicyclic) bond motifs is 2. The molecule has 0 unspecified atom stereocenters. The van der Waals surface area contributed by atoms with Crippen molar-refractivity contribution < 1.29 is 9.14 Å². The van der Waals surface area contributed by atoms with Crippen LogP contribution in [0.25, 0.3) is 16.3 Å². The van der Waals surface area contributed by atoms with E-state index in [-0.39, 0.29) is 0 Å². The molecular weight excluding hydrogens is 198 g/mol. The predicted molar refractivity (Wildman–Crippen MR) is 63.7 cm³/mol. The van der Waals surface area contributed by atoms with E-state index in [1.165, 1.54) is 16.3 Å². The van der Waals surface area contributed by atoms with Crippen LogP contribution in [0.2, 0.25) is 0 Å². The lowest BCUT2D eigenvalue weighted by atomic mass is 10.1. The Hall–Kier alpha value is -2.09. The molecule has 0 atom stereocenters. The highest BCUT2D eigenvalue weighted by atomic mass is 16.5. The van der Waals surface area contributed by atoms with Crippen LogP contribution in [0.15, 0.2) is 54.9 Å². The van der Waals surface area contributed by atoms with Gasteiger partial charge in [-0.15, -0.1) is 0 Å². The van der Waals surface area contributed by atoms with Crippen molar-refractivity contribution in [3.63, 3.8) is 0 Å². The standard InChI is InChI=1S/C14H12NO/c1-16-14-6-5-11-10-15-7-3-2-4-13(15)8-12(11)9-14/h2-10H,1H3/q+1. The first kappa shape index (κ1) is 9.16. The highest BCUT2D eigenvalue weighted by Crippen LogP contribution is 2.20. The summed E-state index contributed by atoms with van der Waals surface area (Å²) in [5.74, 6) is 0.896. The number of aromatic nitrogens is 1. The summed E-state index contributed by atoms with van der Waals surface area (Å²) in [6.45, 7) is 0.